The Morgan fingerprint density at radius 2 is 1.78 bits per heavy atom. The molecule has 1 aromatic heterocycles. The van der Waals surface area contributed by atoms with Crippen LogP contribution in [0.2, 0.25) is 0 Å². The normalized spacial score (nSPS) is 12.1. The maximum Gasteiger partial charge on any atom is 0.338 e. The molecule has 0 saturated carbocycles. The van der Waals surface area contributed by atoms with E-state index >= 15 is 0 Å². The molecule has 1 N–H and O–H groups in total. The monoisotopic (exact) mass is 373 g/mol. The second-order valence-electron chi connectivity index (χ2n) is 6.76. The highest BCUT2D eigenvalue weighted by molar-refractivity contribution is 5.98. The van der Waals surface area contributed by atoms with Crippen LogP contribution in [0.4, 0.5) is 5.69 Å². The summed E-state index contributed by atoms with van der Waals surface area (Å²) in [7, 11) is 1.80. The highest BCUT2D eigenvalue weighted by atomic mass is 16.5. The lowest BCUT2D eigenvalue weighted by Gasteiger charge is -2.14. The first kappa shape index (κ1) is 20.6. The van der Waals surface area contributed by atoms with Crippen LogP contribution in [0.3, 0.4) is 0 Å². The number of nitrogens with zero attached hydrogens (tertiary/aromatic N) is 2. The molecule has 0 aliphatic rings. The summed E-state index contributed by atoms with van der Waals surface area (Å²) in [4.78, 5) is 24.6. The zero-order chi connectivity index (χ0) is 20.1. The summed E-state index contributed by atoms with van der Waals surface area (Å²) >= 11 is 0. The predicted octanol–water partition coefficient (Wildman–Crippen LogP) is 3.15. The van der Waals surface area contributed by atoms with Crippen molar-refractivity contribution < 1.29 is 19.1 Å². The third kappa shape index (κ3) is 5.40. The van der Waals surface area contributed by atoms with Crippen molar-refractivity contribution in [3.63, 3.8) is 0 Å². The predicted molar refractivity (Wildman–Crippen MR) is 103 cm³/mol. The van der Waals surface area contributed by atoms with Crippen LogP contribution in [-0.2, 0) is 27.9 Å². The number of aromatic nitrogens is 2. The zero-order valence-electron chi connectivity index (χ0n) is 16.7. The number of ether oxygens (including phenoxy) is 2. The summed E-state index contributed by atoms with van der Waals surface area (Å²) in [5, 5.41) is 7.03. The number of carbonyl (C=O) groups excluding carboxylic acids is 2. The van der Waals surface area contributed by atoms with E-state index in [-0.39, 0.29) is 6.10 Å². The Balaban J connectivity index is 1.95. The average molecular weight is 373 g/mol. The van der Waals surface area contributed by atoms with Gasteiger partial charge < -0.3 is 14.8 Å². The number of rotatable bonds is 7. The minimum atomic E-state index is -0.930. The van der Waals surface area contributed by atoms with Crippen molar-refractivity contribution in [2.45, 2.75) is 53.4 Å². The van der Waals surface area contributed by atoms with Gasteiger partial charge in [-0.15, -0.1) is 0 Å². The molecule has 0 bridgehead atoms. The molecule has 0 aliphatic carbocycles. The Morgan fingerprint density at radius 3 is 2.30 bits per heavy atom. The Bertz CT molecular complexity index is 809. The first-order valence-electron chi connectivity index (χ1n) is 8.91. The van der Waals surface area contributed by atoms with Gasteiger partial charge in [0.25, 0.3) is 5.91 Å². The molecule has 146 valence electrons. The van der Waals surface area contributed by atoms with Crippen molar-refractivity contribution in [1.82, 2.24) is 9.78 Å². The molecule has 0 spiro atoms. The second kappa shape index (κ2) is 8.81. The summed E-state index contributed by atoms with van der Waals surface area (Å²) in [5.41, 5.74) is 3.53. The molecular weight excluding hydrogens is 346 g/mol. The van der Waals surface area contributed by atoms with Gasteiger partial charge in [-0.25, -0.2) is 4.79 Å². The van der Waals surface area contributed by atoms with Gasteiger partial charge in [-0.1, -0.05) is 12.1 Å². The van der Waals surface area contributed by atoms with E-state index in [1.54, 1.807) is 30.8 Å². The van der Waals surface area contributed by atoms with Gasteiger partial charge in [0.1, 0.15) is 0 Å². The highest BCUT2D eigenvalue weighted by Crippen LogP contribution is 2.19. The number of hydrogen-bond acceptors (Lipinski definition) is 5. The van der Waals surface area contributed by atoms with Gasteiger partial charge in [-0.05, 0) is 52.3 Å². The standard InChI is InChI=1S/C20H27N3O4/c1-12(2)26-11-16-7-9-17(10-8-16)20(25)27-15(5)19(24)21-18-13(3)22-23(6)14(18)4/h7-10,12,15H,11H2,1-6H3,(H,21,24)/t15-/m0/s1. The molecule has 0 radical (unpaired) electrons. The summed E-state index contributed by atoms with van der Waals surface area (Å²) in [6, 6.07) is 6.96. The average Bonchev–Trinajstić information content (AvgIpc) is 2.86. The number of benzene rings is 1. The molecule has 7 nitrogen and oxygen atoms in total. The van der Waals surface area contributed by atoms with Crippen molar-refractivity contribution in [3.8, 4) is 0 Å². The quantitative estimate of drug-likeness (QED) is 0.754. The molecule has 1 heterocycles. The van der Waals surface area contributed by atoms with Gasteiger partial charge in [0.05, 0.1) is 35.3 Å². The second-order valence-corrected chi connectivity index (χ2v) is 6.76. The Kier molecular flexibility index (Phi) is 6.74. The Labute approximate surface area is 159 Å². The molecule has 7 heteroatoms. The molecule has 1 aromatic carbocycles. The van der Waals surface area contributed by atoms with E-state index in [1.807, 2.05) is 39.8 Å². The fourth-order valence-electron chi connectivity index (χ4n) is 2.46. The van der Waals surface area contributed by atoms with Crippen LogP contribution in [0.25, 0.3) is 0 Å². The van der Waals surface area contributed by atoms with E-state index in [2.05, 4.69) is 10.4 Å². The third-order valence-electron chi connectivity index (χ3n) is 4.18. The summed E-state index contributed by atoms with van der Waals surface area (Å²) < 4.78 is 12.5. The van der Waals surface area contributed by atoms with Crippen LogP contribution in [0.1, 0.15) is 48.1 Å². The lowest BCUT2D eigenvalue weighted by atomic mass is 10.1. The van der Waals surface area contributed by atoms with E-state index in [0.29, 0.717) is 23.6 Å². The number of hydrogen-bond donors (Lipinski definition) is 1. The molecular formula is C20H27N3O4. The van der Waals surface area contributed by atoms with Crippen LogP contribution in [-0.4, -0.2) is 33.9 Å². The molecule has 27 heavy (non-hydrogen) atoms. The maximum atomic E-state index is 12.4. The number of amides is 1. The smallest absolute Gasteiger partial charge is 0.338 e. The van der Waals surface area contributed by atoms with Crippen LogP contribution in [0, 0.1) is 13.8 Å². The van der Waals surface area contributed by atoms with E-state index < -0.39 is 18.0 Å². The molecule has 0 fully saturated rings. The Morgan fingerprint density at radius 1 is 1.15 bits per heavy atom. The minimum absolute atomic E-state index is 0.140. The summed E-state index contributed by atoms with van der Waals surface area (Å²) in [5.74, 6) is -0.946. The summed E-state index contributed by atoms with van der Waals surface area (Å²) in [6.45, 7) is 9.62. The van der Waals surface area contributed by atoms with E-state index in [1.165, 1.54) is 0 Å². The highest BCUT2D eigenvalue weighted by Gasteiger charge is 2.21. The minimum Gasteiger partial charge on any atom is -0.449 e. The molecule has 1 amide bonds. The maximum absolute atomic E-state index is 12.4. The van der Waals surface area contributed by atoms with E-state index in [0.717, 1.165) is 11.3 Å². The first-order valence-corrected chi connectivity index (χ1v) is 8.91. The molecule has 2 aromatic rings. The first-order chi connectivity index (χ1) is 12.7. The van der Waals surface area contributed by atoms with Crippen LogP contribution >= 0.6 is 0 Å². The summed E-state index contributed by atoms with van der Waals surface area (Å²) in [6.07, 6.45) is -0.790. The molecule has 2 rings (SSSR count). The molecule has 1 atom stereocenters. The zero-order valence-corrected chi connectivity index (χ0v) is 16.7. The van der Waals surface area contributed by atoms with Crippen LogP contribution in [0.15, 0.2) is 24.3 Å². The van der Waals surface area contributed by atoms with Crippen molar-refractivity contribution >= 4 is 17.6 Å². The number of carbonyl (C=O) groups is 2. The van der Waals surface area contributed by atoms with Crippen molar-refractivity contribution in [3.05, 3.63) is 46.8 Å². The fraction of sp³-hybridized carbons (Fsp3) is 0.450. The number of nitrogens with one attached hydrogen (secondary N) is 1. The lowest BCUT2D eigenvalue weighted by molar-refractivity contribution is -0.123. The lowest BCUT2D eigenvalue weighted by Crippen LogP contribution is -2.30. The van der Waals surface area contributed by atoms with Crippen LogP contribution in [0.5, 0.6) is 0 Å². The van der Waals surface area contributed by atoms with Crippen molar-refractivity contribution in [1.29, 1.82) is 0 Å². The van der Waals surface area contributed by atoms with Gasteiger partial charge in [-0.3, -0.25) is 9.48 Å². The largest absolute Gasteiger partial charge is 0.449 e. The third-order valence-corrected chi connectivity index (χ3v) is 4.18. The molecule has 0 aliphatic heterocycles. The SMILES string of the molecule is Cc1nn(C)c(C)c1NC(=O)[C@H](C)OC(=O)c1ccc(COC(C)C)cc1. The fourth-order valence-corrected chi connectivity index (χ4v) is 2.46. The molecule has 0 saturated heterocycles. The van der Waals surface area contributed by atoms with Gasteiger partial charge in [0.2, 0.25) is 0 Å². The van der Waals surface area contributed by atoms with Crippen LogP contribution < -0.4 is 5.32 Å². The van der Waals surface area contributed by atoms with Gasteiger partial charge >= 0.3 is 5.97 Å². The molecule has 0 unspecified atom stereocenters. The number of aryl methyl sites for hydroxylation is 2. The topological polar surface area (TPSA) is 82.5 Å². The number of anilines is 1. The van der Waals surface area contributed by atoms with Gasteiger partial charge in [0.15, 0.2) is 6.10 Å². The van der Waals surface area contributed by atoms with Crippen molar-refractivity contribution in [2.24, 2.45) is 7.05 Å². The van der Waals surface area contributed by atoms with Crippen molar-refractivity contribution in [2.75, 3.05) is 5.32 Å². The van der Waals surface area contributed by atoms with E-state index in [9.17, 15) is 9.59 Å². The van der Waals surface area contributed by atoms with Gasteiger partial charge in [0, 0.05) is 7.05 Å². The van der Waals surface area contributed by atoms with Gasteiger partial charge in [-0.2, -0.15) is 5.10 Å². The Hall–Kier alpha value is -2.67. The number of esters is 1. The van der Waals surface area contributed by atoms with E-state index in [4.69, 9.17) is 9.47 Å².